The van der Waals surface area contributed by atoms with E-state index in [-0.39, 0.29) is 5.92 Å². The number of aromatic nitrogens is 5. The molecule has 0 aromatic carbocycles. The molecule has 10 heteroatoms. The Labute approximate surface area is 154 Å². The van der Waals surface area contributed by atoms with Crippen LogP contribution in [0.5, 0.6) is 0 Å². The molecule has 0 saturated carbocycles. The first-order chi connectivity index (χ1) is 12.5. The monoisotopic (exact) mass is 381 g/mol. The van der Waals surface area contributed by atoms with Crippen LogP contribution in [0.3, 0.4) is 0 Å². The molecule has 0 radical (unpaired) electrons. The standard InChI is InChI=1S/C16H27N7O2S/c1-4-22(5-2)26(24,25)23-9-6-7-14(11-23)16-19-18-15(20(16)3)12-21-10-8-17-13-21/h8,10,13-14H,4-7,9,11-12H2,1-3H3/t14-/m1/s1. The van der Waals surface area contributed by atoms with E-state index in [1.165, 1.54) is 4.31 Å². The van der Waals surface area contributed by atoms with Crippen molar-refractivity contribution >= 4 is 10.2 Å². The highest BCUT2D eigenvalue weighted by Gasteiger charge is 2.34. The highest BCUT2D eigenvalue weighted by molar-refractivity contribution is 7.86. The first-order valence-electron chi connectivity index (χ1n) is 9.06. The molecule has 0 unspecified atom stereocenters. The number of rotatable bonds is 7. The summed E-state index contributed by atoms with van der Waals surface area (Å²) in [4.78, 5) is 4.04. The summed E-state index contributed by atoms with van der Waals surface area (Å²) in [6.07, 6.45) is 7.10. The first kappa shape index (κ1) is 19.0. The second-order valence-electron chi connectivity index (χ2n) is 6.56. The maximum absolute atomic E-state index is 12.8. The van der Waals surface area contributed by atoms with Gasteiger partial charge in [0.15, 0.2) is 5.82 Å². The molecular formula is C16H27N7O2S. The molecule has 2 aromatic rings. The molecule has 26 heavy (non-hydrogen) atoms. The van der Waals surface area contributed by atoms with E-state index in [4.69, 9.17) is 0 Å². The van der Waals surface area contributed by atoms with E-state index >= 15 is 0 Å². The zero-order chi connectivity index (χ0) is 18.7. The second kappa shape index (κ2) is 7.85. The topological polar surface area (TPSA) is 89.2 Å². The van der Waals surface area contributed by atoms with E-state index in [0.29, 0.717) is 32.7 Å². The molecule has 1 aliphatic heterocycles. The predicted octanol–water partition coefficient (Wildman–Crippen LogP) is 0.826. The molecule has 1 fully saturated rings. The Hall–Kier alpha value is -1.78. The van der Waals surface area contributed by atoms with Gasteiger partial charge in [-0.15, -0.1) is 10.2 Å². The number of nitrogens with zero attached hydrogens (tertiary/aromatic N) is 7. The van der Waals surface area contributed by atoms with E-state index in [9.17, 15) is 8.42 Å². The van der Waals surface area contributed by atoms with Crippen LogP contribution in [0.15, 0.2) is 18.7 Å². The molecule has 0 N–H and O–H groups in total. The van der Waals surface area contributed by atoms with Crippen molar-refractivity contribution in [3.05, 3.63) is 30.4 Å². The van der Waals surface area contributed by atoms with E-state index in [0.717, 1.165) is 24.5 Å². The van der Waals surface area contributed by atoms with Gasteiger partial charge >= 0.3 is 0 Å². The Morgan fingerprint density at radius 1 is 1.27 bits per heavy atom. The number of piperidine rings is 1. The lowest BCUT2D eigenvalue weighted by Gasteiger charge is -2.34. The third kappa shape index (κ3) is 3.67. The molecule has 0 spiro atoms. The average Bonchev–Trinajstić information content (AvgIpc) is 3.27. The summed E-state index contributed by atoms with van der Waals surface area (Å²) < 4.78 is 32.7. The zero-order valence-electron chi connectivity index (χ0n) is 15.6. The molecular weight excluding hydrogens is 354 g/mol. The zero-order valence-corrected chi connectivity index (χ0v) is 16.4. The fraction of sp³-hybridized carbons (Fsp3) is 0.688. The maximum Gasteiger partial charge on any atom is 0.281 e. The third-order valence-electron chi connectivity index (χ3n) is 4.99. The Morgan fingerprint density at radius 3 is 2.69 bits per heavy atom. The fourth-order valence-corrected chi connectivity index (χ4v) is 5.20. The van der Waals surface area contributed by atoms with E-state index < -0.39 is 10.2 Å². The van der Waals surface area contributed by atoms with Gasteiger partial charge in [0, 0.05) is 51.5 Å². The summed E-state index contributed by atoms with van der Waals surface area (Å²) in [5, 5.41) is 8.67. The van der Waals surface area contributed by atoms with E-state index in [1.807, 2.05) is 36.2 Å². The summed E-state index contributed by atoms with van der Waals surface area (Å²) in [6.45, 7) is 6.32. The normalized spacial score (nSPS) is 19.3. The first-order valence-corrected chi connectivity index (χ1v) is 10.5. The molecule has 1 saturated heterocycles. The van der Waals surface area contributed by atoms with Gasteiger partial charge in [-0.3, -0.25) is 0 Å². The van der Waals surface area contributed by atoms with Crippen LogP contribution < -0.4 is 0 Å². The fourth-order valence-electron chi connectivity index (χ4n) is 3.49. The van der Waals surface area contributed by atoms with Gasteiger partial charge in [-0.05, 0) is 12.8 Å². The van der Waals surface area contributed by atoms with E-state index in [1.54, 1.807) is 16.8 Å². The molecule has 2 aromatic heterocycles. The Morgan fingerprint density at radius 2 is 2.04 bits per heavy atom. The van der Waals surface area contributed by atoms with E-state index in [2.05, 4.69) is 15.2 Å². The van der Waals surface area contributed by atoms with Gasteiger partial charge in [0.25, 0.3) is 10.2 Å². The molecule has 3 heterocycles. The van der Waals surface area contributed by atoms with Crippen molar-refractivity contribution in [2.45, 2.75) is 39.2 Å². The summed E-state index contributed by atoms with van der Waals surface area (Å²) in [5.74, 6) is 1.74. The number of hydrogen-bond donors (Lipinski definition) is 0. The van der Waals surface area contributed by atoms with Crippen LogP contribution in [0, 0.1) is 0 Å². The van der Waals surface area contributed by atoms with Gasteiger partial charge in [-0.25, -0.2) is 4.98 Å². The smallest absolute Gasteiger partial charge is 0.281 e. The van der Waals surface area contributed by atoms with Crippen molar-refractivity contribution in [3.8, 4) is 0 Å². The van der Waals surface area contributed by atoms with Gasteiger partial charge in [-0.1, -0.05) is 13.8 Å². The van der Waals surface area contributed by atoms with Crippen LogP contribution in [0.4, 0.5) is 0 Å². The average molecular weight is 382 g/mol. The summed E-state index contributed by atoms with van der Waals surface area (Å²) in [5.41, 5.74) is 0. The van der Waals surface area contributed by atoms with Crippen LogP contribution in [0.1, 0.15) is 44.3 Å². The molecule has 9 nitrogen and oxygen atoms in total. The molecule has 1 aliphatic rings. The minimum atomic E-state index is -3.42. The highest BCUT2D eigenvalue weighted by Crippen LogP contribution is 2.28. The van der Waals surface area contributed by atoms with Crippen molar-refractivity contribution in [1.29, 1.82) is 0 Å². The molecule has 144 valence electrons. The van der Waals surface area contributed by atoms with Gasteiger partial charge in [0.2, 0.25) is 0 Å². The van der Waals surface area contributed by atoms with Gasteiger partial charge < -0.3 is 9.13 Å². The molecule has 0 bridgehead atoms. The number of imidazole rings is 1. The molecule has 1 atom stereocenters. The van der Waals surface area contributed by atoms with Crippen LogP contribution >= 0.6 is 0 Å². The van der Waals surface area contributed by atoms with Crippen LogP contribution in [0.25, 0.3) is 0 Å². The van der Waals surface area contributed by atoms with Crippen molar-refractivity contribution in [2.75, 3.05) is 26.2 Å². The van der Waals surface area contributed by atoms with Crippen molar-refractivity contribution in [3.63, 3.8) is 0 Å². The third-order valence-corrected chi connectivity index (χ3v) is 7.14. The van der Waals surface area contributed by atoms with Crippen LogP contribution in [-0.2, 0) is 23.8 Å². The van der Waals surface area contributed by atoms with Gasteiger partial charge in [0.05, 0.1) is 12.9 Å². The van der Waals surface area contributed by atoms with Gasteiger partial charge in [0.1, 0.15) is 5.82 Å². The van der Waals surface area contributed by atoms with Crippen LogP contribution in [-0.4, -0.2) is 67.5 Å². The van der Waals surface area contributed by atoms with Crippen LogP contribution in [0.2, 0.25) is 0 Å². The van der Waals surface area contributed by atoms with Gasteiger partial charge in [-0.2, -0.15) is 17.0 Å². The predicted molar refractivity (Wildman–Crippen MR) is 97.7 cm³/mol. The Kier molecular flexibility index (Phi) is 5.73. The van der Waals surface area contributed by atoms with Crippen molar-refractivity contribution in [1.82, 2.24) is 32.9 Å². The molecule has 0 amide bonds. The highest BCUT2D eigenvalue weighted by atomic mass is 32.2. The largest absolute Gasteiger partial charge is 0.330 e. The second-order valence-corrected chi connectivity index (χ2v) is 8.49. The maximum atomic E-state index is 12.8. The van der Waals surface area contributed by atoms with Crippen molar-refractivity contribution in [2.24, 2.45) is 7.05 Å². The summed E-state index contributed by atoms with van der Waals surface area (Å²) in [7, 11) is -1.47. The lowest BCUT2D eigenvalue weighted by molar-refractivity contribution is 0.280. The molecule has 3 rings (SSSR count). The lowest BCUT2D eigenvalue weighted by atomic mass is 9.99. The SMILES string of the molecule is CCN(CC)S(=O)(=O)N1CCC[C@@H](c2nnc(Cn3ccnc3)n2C)C1. The minimum Gasteiger partial charge on any atom is -0.330 e. The lowest BCUT2D eigenvalue weighted by Crippen LogP contribution is -2.47. The van der Waals surface area contributed by atoms with Crippen molar-refractivity contribution < 1.29 is 8.42 Å². The summed E-state index contributed by atoms with van der Waals surface area (Å²) >= 11 is 0. The molecule has 0 aliphatic carbocycles. The Bertz CT molecular complexity index is 812. The quantitative estimate of drug-likeness (QED) is 0.709. The Balaban J connectivity index is 1.77. The number of hydrogen-bond acceptors (Lipinski definition) is 5. The minimum absolute atomic E-state index is 0.0584. The summed E-state index contributed by atoms with van der Waals surface area (Å²) in [6, 6.07) is 0.